The quantitative estimate of drug-likeness (QED) is 0.428. The third-order valence-electron chi connectivity index (χ3n) is 6.49. The first-order valence-corrected chi connectivity index (χ1v) is 12.4. The van der Waals surface area contributed by atoms with Crippen LogP contribution in [0.4, 0.5) is 10.3 Å². The topological polar surface area (TPSA) is 73.1 Å². The molecule has 0 spiro atoms. The number of aromatic nitrogens is 3. The summed E-state index contributed by atoms with van der Waals surface area (Å²) in [6.45, 7) is 2.35. The van der Waals surface area contributed by atoms with Crippen molar-refractivity contribution in [1.29, 1.82) is 0 Å². The Labute approximate surface area is 191 Å². The fraction of sp³-hybridized carbons (Fsp3) is 0.542. The van der Waals surface area contributed by atoms with Gasteiger partial charge in [-0.05, 0) is 80.3 Å². The molecule has 170 valence electrons. The van der Waals surface area contributed by atoms with Crippen LogP contribution in [0.2, 0.25) is 0 Å². The molecule has 2 saturated carbocycles. The largest absolute Gasteiger partial charge is 0.489 e. The normalized spacial score (nSPS) is 17.3. The van der Waals surface area contributed by atoms with Crippen LogP contribution in [0, 0.1) is 18.0 Å². The lowest BCUT2D eigenvalue weighted by molar-refractivity contribution is 0.153. The summed E-state index contributed by atoms with van der Waals surface area (Å²) in [6.07, 6.45) is 10.8. The molecule has 1 N–H and O–H groups in total. The van der Waals surface area contributed by atoms with Gasteiger partial charge >= 0.3 is 0 Å². The zero-order chi connectivity index (χ0) is 21.9. The van der Waals surface area contributed by atoms with E-state index in [0.717, 1.165) is 58.2 Å². The summed E-state index contributed by atoms with van der Waals surface area (Å²) in [5, 5.41) is 6.94. The Morgan fingerprint density at radius 1 is 1.12 bits per heavy atom. The number of aryl methyl sites for hydroxylation is 1. The van der Waals surface area contributed by atoms with Gasteiger partial charge < -0.3 is 14.6 Å². The highest BCUT2D eigenvalue weighted by molar-refractivity contribution is 7.14. The van der Waals surface area contributed by atoms with E-state index in [1.54, 1.807) is 6.07 Å². The fourth-order valence-corrected chi connectivity index (χ4v) is 5.31. The van der Waals surface area contributed by atoms with E-state index in [4.69, 9.17) is 14.2 Å². The van der Waals surface area contributed by atoms with Gasteiger partial charge in [-0.1, -0.05) is 12.8 Å². The van der Waals surface area contributed by atoms with Gasteiger partial charge in [0.1, 0.15) is 5.75 Å². The van der Waals surface area contributed by atoms with Crippen molar-refractivity contribution in [2.45, 2.75) is 77.4 Å². The second-order valence-corrected chi connectivity index (χ2v) is 9.93. The summed E-state index contributed by atoms with van der Waals surface area (Å²) in [5.41, 5.74) is 2.41. The lowest BCUT2D eigenvalue weighted by Gasteiger charge is -2.23. The maximum atomic E-state index is 14.2. The van der Waals surface area contributed by atoms with Gasteiger partial charge in [0, 0.05) is 13.0 Å². The minimum atomic E-state index is -0.238. The van der Waals surface area contributed by atoms with Crippen LogP contribution in [0.5, 0.6) is 5.75 Å². The minimum Gasteiger partial charge on any atom is -0.489 e. The van der Waals surface area contributed by atoms with Crippen LogP contribution in [-0.4, -0.2) is 21.2 Å². The monoisotopic (exact) mass is 456 g/mol. The fourth-order valence-electron chi connectivity index (χ4n) is 4.43. The zero-order valence-corrected chi connectivity index (χ0v) is 19.2. The summed E-state index contributed by atoms with van der Waals surface area (Å²) in [7, 11) is 0. The Hall–Kier alpha value is -2.48. The van der Waals surface area contributed by atoms with E-state index < -0.39 is 0 Å². The highest BCUT2D eigenvalue weighted by atomic mass is 32.1. The number of halogens is 1. The van der Waals surface area contributed by atoms with Crippen molar-refractivity contribution in [3.8, 4) is 16.3 Å². The van der Waals surface area contributed by atoms with Crippen molar-refractivity contribution in [2.24, 2.45) is 5.92 Å². The molecule has 0 radical (unpaired) electrons. The standard InChI is InChI=1S/C24H29FN4O2S/c1-15-20(30-18-8-3-2-4-9-18)11-10-19(27-15)23-17(13-21(25)32-23)14-26-24-28-22(31-29-24)12-16-6-5-7-16/h10-11,13,16,18H,2-9,12,14H2,1H3,(H,26,29). The lowest BCUT2D eigenvalue weighted by Crippen LogP contribution is -2.20. The van der Waals surface area contributed by atoms with Gasteiger partial charge in [0.15, 0.2) is 5.13 Å². The number of ether oxygens (including phenoxy) is 1. The SMILES string of the molecule is Cc1nc(-c2sc(F)cc2CNc2noc(CC3CCC3)n2)ccc1OC1CCCCC1. The maximum absolute atomic E-state index is 14.2. The summed E-state index contributed by atoms with van der Waals surface area (Å²) < 4.78 is 25.7. The first-order valence-electron chi connectivity index (χ1n) is 11.6. The van der Waals surface area contributed by atoms with Crippen LogP contribution in [-0.2, 0) is 13.0 Å². The highest BCUT2D eigenvalue weighted by Crippen LogP contribution is 2.34. The molecule has 3 aromatic heterocycles. The van der Waals surface area contributed by atoms with Crippen LogP contribution in [0.25, 0.3) is 10.6 Å². The lowest BCUT2D eigenvalue weighted by atomic mass is 9.83. The van der Waals surface area contributed by atoms with E-state index in [2.05, 4.69) is 15.5 Å². The summed E-state index contributed by atoms with van der Waals surface area (Å²) in [4.78, 5) is 9.96. The van der Waals surface area contributed by atoms with Gasteiger partial charge in [-0.2, -0.15) is 9.37 Å². The molecule has 3 aromatic rings. The number of thiophene rings is 1. The molecule has 2 aliphatic rings. The Morgan fingerprint density at radius 2 is 1.97 bits per heavy atom. The number of hydrogen-bond acceptors (Lipinski definition) is 7. The van der Waals surface area contributed by atoms with Crippen LogP contribution < -0.4 is 10.1 Å². The molecule has 0 amide bonds. The van der Waals surface area contributed by atoms with Crippen LogP contribution in [0.15, 0.2) is 22.7 Å². The molecule has 2 fully saturated rings. The minimum absolute atomic E-state index is 0.238. The number of anilines is 1. The summed E-state index contributed by atoms with van der Waals surface area (Å²) in [5.74, 6) is 2.60. The number of rotatable bonds is 8. The van der Waals surface area contributed by atoms with Gasteiger partial charge in [0.2, 0.25) is 5.89 Å². The van der Waals surface area contributed by atoms with Crippen LogP contribution in [0.3, 0.4) is 0 Å². The molecular weight excluding hydrogens is 427 g/mol. The Morgan fingerprint density at radius 3 is 2.72 bits per heavy atom. The molecule has 0 aliphatic heterocycles. The molecular formula is C24H29FN4O2S. The molecule has 8 heteroatoms. The number of pyridine rings is 1. The molecule has 0 atom stereocenters. The number of nitrogens with zero attached hydrogens (tertiary/aromatic N) is 3. The Bertz CT molecular complexity index is 1060. The van der Waals surface area contributed by atoms with Crippen molar-refractivity contribution in [1.82, 2.24) is 15.1 Å². The number of nitrogens with one attached hydrogen (secondary N) is 1. The van der Waals surface area contributed by atoms with E-state index in [9.17, 15) is 4.39 Å². The van der Waals surface area contributed by atoms with Gasteiger partial charge in [-0.3, -0.25) is 0 Å². The van der Waals surface area contributed by atoms with E-state index >= 15 is 0 Å². The molecule has 2 aliphatic carbocycles. The second-order valence-electron chi connectivity index (χ2n) is 8.93. The predicted molar refractivity (Wildman–Crippen MR) is 122 cm³/mol. The van der Waals surface area contributed by atoms with E-state index in [0.29, 0.717) is 24.3 Å². The summed E-state index contributed by atoms with van der Waals surface area (Å²) in [6, 6.07) is 5.43. The molecule has 0 bridgehead atoms. The van der Waals surface area contributed by atoms with Crippen molar-refractivity contribution in [2.75, 3.05) is 5.32 Å². The van der Waals surface area contributed by atoms with Gasteiger partial charge in [0.05, 0.1) is 22.4 Å². The maximum Gasteiger partial charge on any atom is 0.263 e. The zero-order valence-electron chi connectivity index (χ0n) is 18.4. The van der Waals surface area contributed by atoms with Crippen molar-refractivity contribution >= 4 is 17.3 Å². The van der Waals surface area contributed by atoms with Crippen molar-refractivity contribution in [3.05, 3.63) is 40.5 Å². The average molecular weight is 457 g/mol. The van der Waals surface area contributed by atoms with E-state index in [1.807, 2.05) is 19.1 Å². The average Bonchev–Trinajstić information content (AvgIpc) is 3.37. The molecule has 0 saturated heterocycles. The van der Waals surface area contributed by atoms with Crippen molar-refractivity contribution < 1.29 is 13.7 Å². The molecule has 3 heterocycles. The van der Waals surface area contributed by atoms with Crippen molar-refractivity contribution in [3.63, 3.8) is 0 Å². The Balaban J connectivity index is 1.26. The van der Waals surface area contributed by atoms with Gasteiger partial charge in [-0.15, -0.1) is 11.3 Å². The van der Waals surface area contributed by atoms with E-state index in [-0.39, 0.29) is 11.2 Å². The smallest absolute Gasteiger partial charge is 0.263 e. The molecule has 6 nitrogen and oxygen atoms in total. The van der Waals surface area contributed by atoms with Crippen LogP contribution >= 0.6 is 11.3 Å². The third-order valence-corrected chi connectivity index (χ3v) is 7.48. The molecule has 5 rings (SSSR count). The molecule has 0 aromatic carbocycles. The molecule has 32 heavy (non-hydrogen) atoms. The van der Waals surface area contributed by atoms with E-state index in [1.165, 1.54) is 38.5 Å². The van der Waals surface area contributed by atoms with Gasteiger partial charge in [0.25, 0.3) is 5.95 Å². The van der Waals surface area contributed by atoms with Crippen LogP contribution in [0.1, 0.15) is 68.5 Å². The first-order chi connectivity index (χ1) is 15.6. The molecule has 0 unspecified atom stereocenters. The third kappa shape index (κ3) is 4.95. The predicted octanol–water partition coefficient (Wildman–Crippen LogP) is 6.31. The summed E-state index contributed by atoms with van der Waals surface area (Å²) >= 11 is 1.10. The van der Waals surface area contributed by atoms with Gasteiger partial charge in [-0.25, -0.2) is 4.98 Å². The highest BCUT2D eigenvalue weighted by Gasteiger charge is 2.21. The Kier molecular flexibility index (Phi) is 6.39. The first kappa shape index (κ1) is 21.4. The number of hydrogen-bond donors (Lipinski definition) is 1. The second kappa shape index (κ2) is 9.57.